The fourth-order valence-corrected chi connectivity index (χ4v) is 1.65. The fourth-order valence-electron chi connectivity index (χ4n) is 1.65. The van der Waals surface area contributed by atoms with Crippen molar-refractivity contribution in [3.63, 3.8) is 0 Å². The van der Waals surface area contributed by atoms with E-state index in [4.69, 9.17) is 4.74 Å². The summed E-state index contributed by atoms with van der Waals surface area (Å²) in [6.07, 6.45) is 2.58. The summed E-state index contributed by atoms with van der Waals surface area (Å²) < 4.78 is 5.64. The number of nitrogens with one attached hydrogen (secondary N) is 2. The van der Waals surface area contributed by atoms with Crippen LogP contribution in [0.1, 0.15) is 48.0 Å². The monoisotopic (exact) mass is 293 g/mol. The molecule has 0 saturated heterocycles. The van der Waals surface area contributed by atoms with E-state index in [1.165, 1.54) is 0 Å². The Labute approximate surface area is 127 Å². The number of carbonyl (C=O) groups excluding carboxylic acids is 1. The molecule has 2 N–H and O–H groups in total. The summed E-state index contributed by atoms with van der Waals surface area (Å²) in [6, 6.07) is 3.31. The van der Waals surface area contributed by atoms with E-state index in [2.05, 4.69) is 15.6 Å². The number of hydrogen-bond donors (Lipinski definition) is 2. The first kappa shape index (κ1) is 17.3. The van der Waals surface area contributed by atoms with Gasteiger partial charge in [-0.1, -0.05) is 6.92 Å². The highest BCUT2D eigenvalue weighted by atomic mass is 16.5. The van der Waals surface area contributed by atoms with Crippen LogP contribution in [0.5, 0.6) is 5.88 Å². The smallest absolute Gasteiger partial charge is 0.242 e. The van der Waals surface area contributed by atoms with E-state index < -0.39 is 0 Å². The van der Waals surface area contributed by atoms with Crippen molar-refractivity contribution in [2.24, 2.45) is 0 Å². The summed E-state index contributed by atoms with van der Waals surface area (Å²) >= 11 is 0. The van der Waals surface area contributed by atoms with E-state index in [1.54, 1.807) is 6.20 Å². The van der Waals surface area contributed by atoms with Gasteiger partial charge in [-0.05, 0) is 53.2 Å². The van der Waals surface area contributed by atoms with Gasteiger partial charge in [0.2, 0.25) is 11.8 Å². The third-order valence-electron chi connectivity index (χ3n) is 3.23. The molecule has 0 aromatic carbocycles. The number of rotatable bonds is 7. The number of anilines is 1. The first-order chi connectivity index (χ1) is 9.75. The van der Waals surface area contributed by atoms with E-state index in [0.29, 0.717) is 5.88 Å². The molecule has 0 aliphatic heterocycles. The van der Waals surface area contributed by atoms with E-state index in [1.807, 2.05) is 53.7 Å². The number of amides is 1. The molecule has 0 saturated carbocycles. The maximum absolute atomic E-state index is 12.2. The summed E-state index contributed by atoms with van der Waals surface area (Å²) in [6.45, 7) is 11.8. The lowest BCUT2D eigenvalue weighted by molar-refractivity contribution is -0.123. The molecular formula is C16H27N3O2. The van der Waals surface area contributed by atoms with Crippen LogP contribution in [0.15, 0.2) is 18.3 Å². The van der Waals surface area contributed by atoms with E-state index in [-0.39, 0.29) is 23.6 Å². The summed E-state index contributed by atoms with van der Waals surface area (Å²) in [5.41, 5.74) is 0.516. The topological polar surface area (TPSA) is 63.2 Å². The number of carbonyl (C=O) groups is 1. The van der Waals surface area contributed by atoms with Crippen LogP contribution in [-0.2, 0) is 4.79 Å². The third kappa shape index (κ3) is 5.61. The molecule has 1 aromatic heterocycles. The molecule has 1 unspecified atom stereocenters. The maximum Gasteiger partial charge on any atom is 0.242 e. The minimum absolute atomic E-state index is 0.0311. The largest absolute Gasteiger partial charge is 0.473 e. The van der Waals surface area contributed by atoms with Crippen molar-refractivity contribution in [1.82, 2.24) is 10.3 Å². The Morgan fingerprint density at radius 1 is 1.38 bits per heavy atom. The van der Waals surface area contributed by atoms with Crippen LogP contribution in [-0.4, -0.2) is 28.6 Å². The molecule has 1 rings (SSSR count). The zero-order valence-corrected chi connectivity index (χ0v) is 13.9. The molecule has 1 amide bonds. The number of hydrogen-bond acceptors (Lipinski definition) is 4. The van der Waals surface area contributed by atoms with Gasteiger partial charge in [-0.25, -0.2) is 4.98 Å². The number of pyridine rings is 1. The van der Waals surface area contributed by atoms with Crippen molar-refractivity contribution >= 4 is 11.6 Å². The zero-order chi connectivity index (χ0) is 16.0. The molecule has 1 atom stereocenters. The highest BCUT2D eigenvalue weighted by Crippen LogP contribution is 2.22. The van der Waals surface area contributed by atoms with E-state index in [0.717, 1.165) is 12.1 Å². The lowest BCUT2D eigenvalue weighted by atomic mass is 10.0. The van der Waals surface area contributed by atoms with Crippen LogP contribution in [0.25, 0.3) is 0 Å². The maximum atomic E-state index is 12.2. The van der Waals surface area contributed by atoms with Crippen LogP contribution in [0.3, 0.4) is 0 Å². The van der Waals surface area contributed by atoms with Crippen LogP contribution in [0, 0.1) is 0 Å². The van der Waals surface area contributed by atoms with Crippen molar-refractivity contribution in [3.05, 3.63) is 18.3 Å². The predicted molar refractivity (Wildman–Crippen MR) is 85.6 cm³/mol. The second kappa shape index (κ2) is 7.29. The van der Waals surface area contributed by atoms with Crippen molar-refractivity contribution < 1.29 is 9.53 Å². The Hall–Kier alpha value is -1.78. The molecule has 5 heteroatoms. The van der Waals surface area contributed by atoms with Crippen LogP contribution in [0.4, 0.5) is 5.69 Å². The van der Waals surface area contributed by atoms with Gasteiger partial charge in [0.1, 0.15) is 6.04 Å². The summed E-state index contributed by atoms with van der Waals surface area (Å²) in [7, 11) is 0. The molecule has 1 heterocycles. The van der Waals surface area contributed by atoms with E-state index >= 15 is 0 Å². The van der Waals surface area contributed by atoms with Gasteiger partial charge in [0.15, 0.2) is 0 Å². The lowest BCUT2D eigenvalue weighted by Crippen LogP contribution is -2.48. The van der Waals surface area contributed by atoms with Gasteiger partial charge in [-0.2, -0.15) is 0 Å². The average Bonchev–Trinajstić information content (AvgIpc) is 2.40. The Balaban J connectivity index is 2.74. The normalized spacial score (nSPS) is 12.9. The summed E-state index contributed by atoms with van der Waals surface area (Å²) in [4.78, 5) is 16.4. The molecule has 0 bridgehead atoms. The zero-order valence-electron chi connectivity index (χ0n) is 13.9. The lowest BCUT2D eigenvalue weighted by Gasteiger charge is -2.27. The Kier molecular flexibility index (Phi) is 6.00. The van der Waals surface area contributed by atoms with Crippen molar-refractivity contribution in [3.8, 4) is 5.88 Å². The highest BCUT2D eigenvalue weighted by Gasteiger charge is 2.22. The SMILES string of the molecule is CCC(C)(C)NC(=O)C(C)Nc1cccnc1OC(C)C. The molecule has 0 spiro atoms. The Bertz CT molecular complexity index is 472. The van der Waals surface area contributed by atoms with Gasteiger partial charge >= 0.3 is 0 Å². The standard InChI is InChI=1S/C16H27N3O2/c1-7-16(5,6)19-14(20)12(4)18-13-9-8-10-17-15(13)21-11(2)3/h8-12,18H,7H2,1-6H3,(H,19,20). The van der Waals surface area contributed by atoms with Crippen molar-refractivity contribution in [1.29, 1.82) is 0 Å². The van der Waals surface area contributed by atoms with Gasteiger partial charge in [0.25, 0.3) is 0 Å². The predicted octanol–water partition coefficient (Wildman–Crippen LogP) is 2.97. The van der Waals surface area contributed by atoms with Gasteiger partial charge in [0, 0.05) is 11.7 Å². The van der Waals surface area contributed by atoms with Crippen LogP contribution < -0.4 is 15.4 Å². The minimum atomic E-state index is -0.366. The molecule has 21 heavy (non-hydrogen) atoms. The molecule has 0 radical (unpaired) electrons. The van der Waals surface area contributed by atoms with Gasteiger partial charge in [0.05, 0.1) is 11.8 Å². The van der Waals surface area contributed by atoms with Crippen LogP contribution in [0.2, 0.25) is 0 Å². The quantitative estimate of drug-likeness (QED) is 0.811. The minimum Gasteiger partial charge on any atom is -0.473 e. The van der Waals surface area contributed by atoms with Gasteiger partial charge < -0.3 is 15.4 Å². The second-order valence-corrected chi connectivity index (χ2v) is 6.12. The Morgan fingerprint density at radius 3 is 2.62 bits per heavy atom. The Morgan fingerprint density at radius 2 is 2.05 bits per heavy atom. The molecule has 0 aliphatic carbocycles. The van der Waals surface area contributed by atoms with E-state index in [9.17, 15) is 4.79 Å². The van der Waals surface area contributed by atoms with Crippen LogP contribution >= 0.6 is 0 Å². The molecule has 118 valence electrons. The molecular weight excluding hydrogens is 266 g/mol. The number of nitrogens with zero attached hydrogens (tertiary/aromatic N) is 1. The first-order valence-corrected chi connectivity index (χ1v) is 7.45. The van der Waals surface area contributed by atoms with Gasteiger partial charge in [-0.15, -0.1) is 0 Å². The third-order valence-corrected chi connectivity index (χ3v) is 3.23. The second-order valence-electron chi connectivity index (χ2n) is 6.12. The first-order valence-electron chi connectivity index (χ1n) is 7.45. The summed E-state index contributed by atoms with van der Waals surface area (Å²) in [5.74, 6) is 0.475. The highest BCUT2D eigenvalue weighted by molar-refractivity contribution is 5.85. The van der Waals surface area contributed by atoms with Crippen molar-refractivity contribution in [2.75, 3.05) is 5.32 Å². The molecule has 0 fully saturated rings. The molecule has 0 aliphatic rings. The van der Waals surface area contributed by atoms with Crippen molar-refractivity contribution in [2.45, 2.75) is 65.6 Å². The number of ether oxygens (including phenoxy) is 1. The summed E-state index contributed by atoms with van der Waals surface area (Å²) in [5, 5.41) is 6.19. The molecule has 1 aromatic rings. The number of aromatic nitrogens is 1. The average molecular weight is 293 g/mol. The fraction of sp³-hybridized carbons (Fsp3) is 0.625. The van der Waals surface area contributed by atoms with Gasteiger partial charge in [-0.3, -0.25) is 4.79 Å². The molecule has 5 nitrogen and oxygen atoms in total.